The van der Waals surface area contributed by atoms with Crippen molar-refractivity contribution >= 4 is 16.0 Å². The van der Waals surface area contributed by atoms with Gasteiger partial charge in [0.25, 0.3) is 0 Å². The van der Waals surface area contributed by atoms with Crippen molar-refractivity contribution in [1.29, 1.82) is 0 Å². The van der Waals surface area contributed by atoms with Crippen molar-refractivity contribution in [2.75, 3.05) is 7.05 Å². The van der Waals surface area contributed by atoms with Gasteiger partial charge in [0, 0.05) is 13.1 Å². The summed E-state index contributed by atoms with van der Waals surface area (Å²) in [6.07, 6.45) is 0.748. The van der Waals surface area contributed by atoms with E-state index in [4.69, 9.17) is 5.11 Å². The molecule has 0 aliphatic heterocycles. The van der Waals surface area contributed by atoms with Crippen LogP contribution in [0.1, 0.15) is 31.4 Å². The number of hydrogen-bond donors (Lipinski definition) is 1. The van der Waals surface area contributed by atoms with Crippen LogP contribution < -0.4 is 0 Å². The van der Waals surface area contributed by atoms with Crippen molar-refractivity contribution in [3.05, 3.63) is 35.6 Å². The van der Waals surface area contributed by atoms with E-state index in [1.54, 1.807) is 6.92 Å². The van der Waals surface area contributed by atoms with E-state index >= 15 is 0 Å². The number of nitrogens with zero attached hydrogens (tertiary/aromatic N) is 1. The van der Waals surface area contributed by atoms with Gasteiger partial charge in [0.2, 0.25) is 10.0 Å². The zero-order valence-electron chi connectivity index (χ0n) is 11.9. The minimum Gasteiger partial charge on any atom is -0.481 e. The minimum atomic E-state index is -3.70. The number of aliphatic carboxylic acids is 1. The number of hydrogen-bond acceptors (Lipinski definition) is 3. The number of sulfonamides is 1. The van der Waals surface area contributed by atoms with Crippen molar-refractivity contribution < 1.29 is 22.7 Å². The molecule has 0 spiro atoms. The second-order valence-electron chi connectivity index (χ2n) is 5.35. The first-order valence-corrected chi connectivity index (χ1v) is 8.20. The standard InChI is InChI=1S/C14H18FNO4S/c1-9(10-3-5-11(15)6-4-10)16(2)21(19,20)13-8-7-12(13)14(17)18/h3-6,9,12-13H,7-8H2,1-2H3,(H,17,18). The summed E-state index contributed by atoms with van der Waals surface area (Å²) in [7, 11) is -2.26. The first-order chi connectivity index (χ1) is 9.75. The summed E-state index contributed by atoms with van der Waals surface area (Å²) in [5.41, 5.74) is 0.661. The summed E-state index contributed by atoms with van der Waals surface area (Å²) in [4.78, 5) is 11.0. The molecule has 0 amide bonds. The van der Waals surface area contributed by atoms with Crippen molar-refractivity contribution in [1.82, 2.24) is 4.31 Å². The fourth-order valence-corrected chi connectivity index (χ4v) is 4.58. The average molecular weight is 315 g/mol. The lowest BCUT2D eigenvalue weighted by atomic mass is 9.85. The topological polar surface area (TPSA) is 74.7 Å². The Bertz CT molecular complexity index is 629. The molecule has 2 rings (SSSR count). The third kappa shape index (κ3) is 2.94. The highest BCUT2D eigenvalue weighted by atomic mass is 32.2. The van der Waals surface area contributed by atoms with Gasteiger partial charge in [-0.25, -0.2) is 12.8 Å². The van der Waals surface area contributed by atoms with Gasteiger partial charge in [-0.2, -0.15) is 4.31 Å². The normalized spacial score (nSPS) is 23.6. The van der Waals surface area contributed by atoms with Crippen LogP contribution >= 0.6 is 0 Å². The molecule has 116 valence electrons. The lowest BCUT2D eigenvalue weighted by Crippen LogP contribution is -2.49. The Balaban J connectivity index is 2.20. The van der Waals surface area contributed by atoms with E-state index in [-0.39, 0.29) is 5.82 Å². The molecule has 7 heteroatoms. The van der Waals surface area contributed by atoms with Crippen LogP contribution in [0.5, 0.6) is 0 Å². The van der Waals surface area contributed by atoms with E-state index in [0.29, 0.717) is 18.4 Å². The molecule has 1 saturated carbocycles. The molecule has 3 unspecified atom stereocenters. The molecule has 21 heavy (non-hydrogen) atoms. The molecule has 1 aromatic carbocycles. The lowest BCUT2D eigenvalue weighted by molar-refractivity contribution is -0.144. The Kier molecular flexibility index (Phi) is 4.34. The van der Waals surface area contributed by atoms with Crippen LogP contribution in [0.25, 0.3) is 0 Å². The first kappa shape index (κ1) is 15.9. The molecule has 3 atom stereocenters. The average Bonchev–Trinajstić information content (AvgIpc) is 2.35. The number of carboxylic acids is 1. The van der Waals surface area contributed by atoms with E-state index < -0.39 is 33.2 Å². The summed E-state index contributed by atoms with van der Waals surface area (Å²) >= 11 is 0. The van der Waals surface area contributed by atoms with Crippen molar-refractivity contribution in [2.24, 2.45) is 5.92 Å². The van der Waals surface area contributed by atoms with Crippen LogP contribution in [-0.4, -0.2) is 36.1 Å². The monoisotopic (exact) mass is 315 g/mol. The van der Waals surface area contributed by atoms with Gasteiger partial charge in [-0.1, -0.05) is 12.1 Å². The van der Waals surface area contributed by atoms with Crippen LogP contribution in [0.4, 0.5) is 4.39 Å². The Morgan fingerprint density at radius 2 is 1.90 bits per heavy atom. The maximum absolute atomic E-state index is 12.9. The maximum Gasteiger partial charge on any atom is 0.307 e. The quantitative estimate of drug-likeness (QED) is 0.902. The van der Waals surface area contributed by atoms with Crippen LogP contribution in [0, 0.1) is 11.7 Å². The number of rotatable bonds is 5. The third-order valence-corrected chi connectivity index (χ3v) is 6.66. The Labute approximate surface area is 123 Å². The van der Waals surface area contributed by atoms with E-state index in [1.165, 1.54) is 35.6 Å². The van der Waals surface area contributed by atoms with Gasteiger partial charge in [0.05, 0.1) is 11.2 Å². The van der Waals surface area contributed by atoms with Crippen LogP contribution in [0.2, 0.25) is 0 Å². The molecule has 0 radical (unpaired) electrons. The number of carboxylic acid groups (broad SMARTS) is 1. The molecule has 0 saturated heterocycles. The second-order valence-corrected chi connectivity index (χ2v) is 7.56. The summed E-state index contributed by atoms with van der Waals surface area (Å²) in [6.45, 7) is 1.69. The molecule has 0 heterocycles. The van der Waals surface area contributed by atoms with Crippen molar-refractivity contribution in [2.45, 2.75) is 31.1 Å². The smallest absolute Gasteiger partial charge is 0.307 e. The molecular weight excluding hydrogens is 297 g/mol. The van der Waals surface area contributed by atoms with Gasteiger partial charge in [-0.3, -0.25) is 4.79 Å². The lowest BCUT2D eigenvalue weighted by Gasteiger charge is -2.37. The zero-order valence-corrected chi connectivity index (χ0v) is 12.7. The van der Waals surface area contributed by atoms with Gasteiger partial charge in [-0.15, -0.1) is 0 Å². The minimum absolute atomic E-state index is 0.361. The Morgan fingerprint density at radius 3 is 2.33 bits per heavy atom. The molecule has 0 bridgehead atoms. The molecule has 5 nitrogen and oxygen atoms in total. The SMILES string of the molecule is CC(c1ccc(F)cc1)N(C)S(=O)(=O)C1CCC1C(=O)O. The third-order valence-electron chi connectivity index (χ3n) is 4.21. The zero-order chi connectivity index (χ0) is 15.8. The van der Waals surface area contributed by atoms with E-state index in [9.17, 15) is 17.6 Å². The van der Waals surface area contributed by atoms with Crippen molar-refractivity contribution in [3.63, 3.8) is 0 Å². The van der Waals surface area contributed by atoms with Gasteiger partial charge in [0.15, 0.2) is 0 Å². The van der Waals surface area contributed by atoms with E-state index in [1.807, 2.05) is 0 Å². The number of benzene rings is 1. The molecule has 1 aliphatic rings. The van der Waals surface area contributed by atoms with Crippen LogP contribution in [0.15, 0.2) is 24.3 Å². The maximum atomic E-state index is 12.9. The molecule has 1 N–H and O–H groups in total. The van der Waals surface area contributed by atoms with Gasteiger partial charge < -0.3 is 5.11 Å². The van der Waals surface area contributed by atoms with Crippen LogP contribution in [-0.2, 0) is 14.8 Å². The van der Waals surface area contributed by atoms with Crippen molar-refractivity contribution in [3.8, 4) is 0 Å². The highest BCUT2D eigenvalue weighted by molar-refractivity contribution is 7.89. The van der Waals surface area contributed by atoms with Gasteiger partial charge in [-0.05, 0) is 37.5 Å². The highest BCUT2D eigenvalue weighted by Crippen LogP contribution is 2.37. The fraction of sp³-hybridized carbons (Fsp3) is 0.500. The molecule has 1 aromatic rings. The van der Waals surface area contributed by atoms with Crippen LogP contribution in [0.3, 0.4) is 0 Å². The Morgan fingerprint density at radius 1 is 1.33 bits per heavy atom. The molecule has 1 fully saturated rings. The summed E-state index contributed by atoms with van der Waals surface area (Å²) < 4.78 is 39.1. The largest absolute Gasteiger partial charge is 0.481 e. The predicted octanol–water partition coefficient (Wildman–Crippen LogP) is 2.01. The molecule has 0 aromatic heterocycles. The summed E-state index contributed by atoms with van der Waals surface area (Å²) in [6, 6.07) is 5.12. The van der Waals surface area contributed by atoms with Gasteiger partial charge in [0.1, 0.15) is 5.82 Å². The number of halogens is 1. The van der Waals surface area contributed by atoms with E-state index in [2.05, 4.69) is 0 Å². The molecular formula is C14H18FNO4S. The van der Waals surface area contributed by atoms with Gasteiger partial charge >= 0.3 is 5.97 Å². The number of carbonyl (C=O) groups is 1. The second kappa shape index (κ2) is 5.73. The summed E-state index contributed by atoms with van der Waals surface area (Å²) in [5, 5.41) is 8.14. The summed E-state index contributed by atoms with van der Waals surface area (Å²) in [5.74, 6) is -2.29. The predicted molar refractivity (Wildman–Crippen MR) is 75.6 cm³/mol. The first-order valence-electron chi connectivity index (χ1n) is 6.70. The van der Waals surface area contributed by atoms with E-state index in [0.717, 1.165) is 0 Å². The highest BCUT2D eigenvalue weighted by Gasteiger charge is 2.47. The molecule has 1 aliphatic carbocycles. The fourth-order valence-electron chi connectivity index (χ4n) is 2.49. The Hall–Kier alpha value is -1.47.